The van der Waals surface area contributed by atoms with Gasteiger partial charge in [0.25, 0.3) is 5.56 Å². The molecule has 1 unspecified atom stereocenters. The van der Waals surface area contributed by atoms with Gasteiger partial charge in [-0.25, -0.2) is 4.98 Å². The highest BCUT2D eigenvalue weighted by molar-refractivity contribution is 5.77. The number of carbonyl (C=O) groups is 1. The molecule has 1 aliphatic rings. The normalized spacial score (nSPS) is 20.0. The monoisotopic (exact) mass is 342 g/mol. The Morgan fingerprint density at radius 2 is 2.16 bits per heavy atom. The van der Waals surface area contributed by atoms with E-state index in [0.29, 0.717) is 42.5 Å². The number of amides is 1. The van der Waals surface area contributed by atoms with E-state index >= 15 is 0 Å². The Balaban J connectivity index is 1.58. The number of nitrogens with zero attached hydrogens (tertiary/aromatic N) is 2. The highest BCUT2D eigenvalue weighted by Crippen LogP contribution is 2.28. The molecular formula is C19H26N4O2. The van der Waals surface area contributed by atoms with Gasteiger partial charge in [0.15, 0.2) is 0 Å². The van der Waals surface area contributed by atoms with E-state index in [1.807, 2.05) is 23.1 Å². The lowest BCUT2D eigenvalue weighted by atomic mass is 9.79. The van der Waals surface area contributed by atoms with Gasteiger partial charge < -0.3 is 15.6 Å². The Morgan fingerprint density at radius 1 is 1.40 bits per heavy atom. The smallest absolute Gasteiger partial charge is 0.258 e. The standard InChI is InChI=1S/C19H26N4O2/c1-19(2)12-23(11-10-15(19)20)17(24)9-5-8-16-21-14-7-4-3-6-13(14)18(25)22-16/h3-4,6-7,15H,5,8-12,20H2,1-2H3,(H,21,22,25). The summed E-state index contributed by atoms with van der Waals surface area (Å²) in [5.74, 6) is 0.792. The second-order valence-corrected chi connectivity index (χ2v) is 7.58. The number of aryl methyl sites for hydroxylation is 1. The summed E-state index contributed by atoms with van der Waals surface area (Å²) < 4.78 is 0. The molecule has 1 atom stereocenters. The quantitative estimate of drug-likeness (QED) is 0.887. The zero-order chi connectivity index (χ0) is 18.0. The molecule has 2 heterocycles. The lowest BCUT2D eigenvalue weighted by Gasteiger charge is -2.42. The molecule has 1 fully saturated rings. The van der Waals surface area contributed by atoms with Crippen molar-refractivity contribution in [3.8, 4) is 0 Å². The lowest BCUT2D eigenvalue weighted by molar-refractivity contribution is -0.134. The van der Waals surface area contributed by atoms with Crippen molar-refractivity contribution < 1.29 is 4.79 Å². The molecule has 3 N–H and O–H groups in total. The van der Waals surface area contributed by atoms with Crippen LogP contribution in [0.1, 0.15) is 38.9 Å². The third kappa shape index (κ3) is 3.90. The van der Waals surface area contributed by atoms with E-state index in [1.165, 1.54) is 0 Å². The predicted molar refractivity (Wildman–Crippen MR) is 98.3 cm³/mol. The molecule has 0 bridgehead atoms. The maximum Gasteiger partial charge on any atom is 0.258 e. The van der Waals surface area contributed by atoms with Crippen molar-refractivity contribution in [3.63, 3.8) is 0 Å². The first-order valence-corrected chi connectivity index (χ1v) is 8.88. The van der Waals surface area contributed by atoms with Gasteiger partial charge in [-0.1, -0.05) is 26.0 Å². The van der Waals surface area contributed by atoms with Crippen molar-refractivity contribution in [2.24, 2.45) is 11.1 Å². The van der Waals surface area contributed by atoms with E-state index in [4.69, 9.17) is 5.73 Å². The maximum absolute atomic E-state index is 12.5. The lowest BCUT2D eigenvalue weighted by Crippen LogP contribution is -2.53. The third-order valence-corrected chi connectivity index (χ3v) is 5.13. The van der Waals surface area contributed by atoms with Crippen molar-refractivity contribution in [1.29, 1.82) is 0 Å². The number of aromatic nitrogens is 2. The zero-order valence-electron chi connectivity index (χ0n) is 14.9. The summed E-state index contributed by atoms with van der Waals surface area (Å²) in [5.41, 5.74) is 6.66. The summed E-state index contributed by atoms with van der Waals surface area (Å²) >= 11 is 0. The van der Waals surface area contributed by atoms with E-state index < -0.39 is 0 Å². The van der Waals surface area contributed by atoms with E-state index in [1.54, 1.807) is 6.07 Å². The van der Waals surface area contributed by atoms with Gasteiger partial charge in [-0.2, -0.15) is 0 Å². The molecule has 0 spiro atoms. The molecule has 1 aromatic carbocycles. The van der Waals surface area contributed by atoms with Gasteiger partial charge in [-0.15, -0.1) is 0 Å². The summed E-state index contributed by atoms with van der Waals surface area (Å²) in [6.45, 7) is 5.66. The van der Waals surface area contributed by atoms with Crippen molar-refractivity contribution in [2.45, 2.75) is 45.6 Å². The third-order valence-electron chi connectivity index (χ3n) is 5.13. The number of H-pyrrole nitrogens is 1. The molecule has 134 valence electrons. The molecule has 1 amide bonds. The molecule has 1 saturated heterocycles. The molecule has 6 nitrogen and oxygen atoms in total. The summed E-state index contributed by atoms with van der Waals surface area (Å²) in [5, 5.41) is 0.592. The van der Waals surface area contributed by atoms with Crippen LogP contribution in [0.5, 0.6) is 0 Å². The van der Waals surface area contributed by atoms with Crippen LogP contribution in [-0.2, 0) is 11.2 Å². The predicted octanol–water partition coefficient (Wildman–Crippen LogP) is 1.83. The highest BCUT2D eigenvalue weighted by atomic mass is 16.2. The fourth-order valence-electron chi connectivity index (χ4n) is 3.41. The van der Waals surface area contributed by atoms with Gasteiger partial charge in [0.2, 0.25) is 5.91 Å². The Hall–Kier alpha value is -2.21. The Kier molecular flexibility index (Phi) is 4.90. The molecule has 1 aromatic heterocycles. The van der Waals surface area contributed by atoms with Gasteiger partial charge in [0.05, 0.1) is 10.9 Å². The number of hydrogen-bond donors (Lipinski definition) is 2. The van der Waals surface area contributed by atoms with Crippen LogP contribution in [0.15, 0.2) is 29.1 Å². The van der Waals surface area contributed by atoms with E-state index in [2.05, 4.69) is 23.8 Å². The molecule has 0 aliphatic carbocycles. The first kappa shape index (κ1) is 17.6. The molecule has 1 aliphatic heterocycles. The van der Waals surface area contributed by atoms with Crippen LogP contribution < -0.4 is 11.3 Å². The molecule has 2 aromatic rings. The van der Waals surface area contributed by atoms with E-state index in [-0.39, 0.29) is 22.9 Å². The average Bonchev–Trinajstić information content (AvgIpc) is 2.57. The largest absolute Gasteiger partial charge is 0.342 e. The number of likely N-dealkylation sites (tertiary alicyclic amines) is 1. The van der Waals surface area contributed by atoms with Crippen molar-refractivity contribution in [1.82, 2.24) is 14.9 Å². The van der Waals surface area contributed by atoms with Crippen LogP contribution in [-0.4, -0.2) is 39.9 Å². The number of hydrogen-bond acceptors (Lipinski definition) is 4. The summed E-state index contributed by atoms with van der Waals surface area (Å²) in [6, 6.07) is 7.42. The molecule has 0 saturated carbocycles. The Morgan fingerprint density at radius 3 is 2.92 bits per heavy atom. The molecule has 25 heavy (non-hydrogen) atoms. The SMILES string of the molecule is CC1(C)CN(C(=O)CCCc2nc3ccccc3c(=O)[nH]2)CCC1N. The maximum atomic E-state index is 12.5. The van der Waals surface area contributed by atoms with E-state index in [0.717, 1.165) is 13.0 Å². The first-order chi connectivity index (χ1) is 11.9. The number of carbonyl (C=O) groups excluding carboxylic acids is 1. The zero-order valence-corrected chi connectivity index (χ0v) is 14.9. The van der Waals surface area contributed by atoms with Gasteiger partial charge in [0, 0.05) is 32.0 Å². The average molecular weight is 342 g/mol. The number of para-hydroxylation sites is 1. The fourth-order valence-corrected chi connectivity index (χ4v) is 3.41. The second kappa shape index (κ2) is 6.96. The van der Waals surface area contributed by atoms with Crippen LogP contribution in [0.2, 0.25) is 0 Å². The van der Waals surface area contributed by atoms with Crippen LogP contribution in [0.25, 0.3) is 10.9 Å². The number of aromatic amines is 1. The molecule has 3 rings (SSSR count). The highest BCUT2D eigenvalue weighted by Gasteiger charge is 2.34. The summed E-state index contributed by atoms with van der Waals surface area (Å²) in [7, 11) is 0. The number of fused-ring (bicyclic) bond motifs is 1. The van der Waals surface area contributed by atoms with Crippen LogP contribution in [0.3, 0.4) is 0 Å². The van der Waals surface area contributed by atoms with Gasteiger partial charge in [-0.05, 0) is 30.4 Å². The molecule has 0 radical (unpaired) electrons. The Labute approximate surface area is 147 Å². The molecule has 6 heteroatoms. The van der Waals surface area contributed by atoms with Crippen molar-refractivity contribution in [3.05, 3.63) is 40.4 Å². The molecular weight excluding hydrogens is 316 g/mol. The summed E-state index contributed by atoms with van der Waals surface area (Å²) in [6.07, 6.45) is 2.56. The number of piperidine rings is 1. The van der Waals surface area contributed by atoms with E-state index in [9.17, 15) is 9.59 Å². The number of nitrogens with two attached hydrogens (primary N) is 1. The second-order valence-electron chi connectivity index (χ2n) is 7.58. The van der Waals surface area contributed by atoms with Gasteiger partial charge in [-0.3, -0.25) is 9.59 Å². The topological polar surface area (TPSA) is 92.1 Å². The van der Waals surface area contributed by atoms with Gasteiger partial charge >= 0.3 is 0 Å². The van der Waals surface area contributed by atoms with Crippen LogP contribution >= 0.6 is 0 Å². The number of benzene rings is 1. The van der Waals surface area contributed by atoms with Crippen LogP contribution in [0.4, 0.5) is 0 Å². The van der Waals surface area contributed by atoms with Gasteiger partial charge in [0.1, 0.15) is 5.82 Å². The Bertz CT molecular complexity index is 828. The minimum Gasteiger partial charge on any atom is -0.342 e. The number of nitrogens with one attached hydrogen (secondary N) is 1. The number of rotatable bonds is 4. The minimum absolute atomic E-state index is 0.0426. The fraction of sp³-hybridized carbons (Fsp3) is 0.526. The first-order valence-electron chi connectivity index (χ1n) is 8.88. The van der Waals surface area contributed by atoms with Crippen molar-refractivity contribution in [2.75, 3.05) is 13.1 Å². The summed E-state index contributed by atoms with van der Waals surface area (Å²) in [4.78, 5) is 33.7. The van der Waals surface area contributed by atoms with Crippen LogP contribution in [0, 0.1) is 5.41 Å². The minimum atomic E-state index is -0.126. The van der Waals surface area contributed by atoms with Crippen molar-refractivity contribution >= 4 is 16.8 Å².